The number of methoxy groups -OCH3 is 2. The zero-order chi connectivity index (χ0) is 53.1. The van der Waals surface area contributed by atoms with Crippen LogP contribution in [0, 0.1) is 23.7 Å². The van der Waals surface area contributed by atoms with Crippen LogP contribution >= 0.6 is 0 Å². The quantitative estimate of drug-likeness (QED) is 0.0713. The Balaban J connectivity index is 0.000000225. The van der Waals surface area contributed by atoms with Crippen molar-refractivity contribution in [3.05, 3.63) is 59.7 Å². The maximum Gasteiger partial charge on any atom is 0.306 e. The largest absolute Gasteiger partial charge is 0.492 e. The van der Waals surface area contributed by atoms with Crippen LogP contribution in [0.5, 0.6) is 11.5 Å². The van der Waals surface area contributed by atoms with Crippen LogP contribution in [0.4, 0.5) is 0 Å². The lowest BCUT2D eigenvalue weighted by Crippen LogP contribution is -2.55. The van der Waals surface area contributed by atoms with E-state index in [4.69, 9.17) is 47.7 Å². The van der Waals surface area contributed by atoms with Crippen molar-refractivity contribution < 1.29 is 62.4 Å². The van der Waals surface area contributed by atoms with Gasteiger partial charge in [-0.15, -0.1) is 0 Å². The Morgan fingerprint density at radius 3 is 1.49 bits per heavy atom. The van der Waals surface area contributed by atoms with E-state index >= 15 is 0 Å². The number of epoxide rings is 4. The molecule has 0 amide bonds. The fraction of sp³-hybridized carbons (Fsp3) is 0.763. The predicted molar refractivity (Wildman–Crippen MR) is 287 cm³/mol. The van der Waals surface area contributed by atoms with Gasteiger partial charge in [0.2, 0.25) is 0 Å². The Hall–Kier alpha value is -3.38. The zero-order valence-electron chi connectivity index (χ0n) is 46.4. The minimum absolute atomic E-state index is 0. The van der Waals surface area contributed by atoms with Crippen molar-refractivity contribution in [3.8, 4) is 11.5 Å². The van der Waals surface area contributed by atoms with E-state index in [9.17, 15) is 14.7 Å². The van der Waals surface area contributed by atoms with Crippen molar-refractivity contribution in [2.45, 2.75) is 185 Å². The normalized spacial score (nSPS) is 32.3. The van der Waals surface area contributed by atoms with Gasteiger partial charge in [-0.1, -0.05) is 59.4 Å². The van der Waals surface area contributed by atoms with Gasteiger partial charge in [0.05, 0.1) is 55.1 Å². The Morgan fingerprint density at radius 1 is 0.676 bits per heavy atom. The van der Waals surface area contributed by atoms with E-state index in [-0.39, 0.29) is 78.5 Å². The number of carbonyl (C=O) groups is 2. The molecule has 6 aliphatic rings. The molecule has 420 valence electrons. The Bertz CT molecular complexity index is 2010. The number of hydrogen-bond donors (Lipinski definition) is 2. The van der Waals surface area contributed by atoms with Crippen LogP contribution in [-0.2, 0) is 55.6 Å². The van der Waals surface area contributed by atoms with Crippen molar-refractivity contribution in [3.63, 3.8) is 0 Å². The highest BCUT2D eigenvalue weighted by Crippen LogP contribution is 2.61. The summed E-state index contributed by atoms with van der Waals surface area (Å²) in [5, 5.41) is 18.8. The van der Waals surface area contributed by atoms with Gasteiger partial charge >= 0.3 is 11.9 Å². The number of nitrogens with zero attached hydrogens (tertiary/aromatic N) is 2. The highest BCUT2D eigenvalue weighted by Gasteiger charge is 2.73. The molecule has 4 heterocycles. The van der Waals surface area contributed by atoms with Gasteiger partial charge in [-0.05, 0) is 153 Å². The number of likely N-dealkylation sites (N-methyl/N-ethyl adjacent to an activating group) is 2. The molecular formula is C59H96N2O13. The lowest BCUT2D eigenvalue weighted by atomic mass is 9.68. The molecule has 15 heteroatoms. The smallest absolute Gasteiger partial charge is 0.306 e. The van der Waals surface area contributed by atoms with E-state index in [2.05, 4.69) is 51.3 Å². The second kappa shape index (κ2) is 27.3. The van der Waals surface area contributed by atoms with Crippen molar-refractivity contribution in [2.75, 3.05) is 81.9 Å². The van der Waals surface area contributed by atoms with E-state index in [1.807, 2.05) is 76.7 Å². The molecule has 15 nitrogen and oxygen atoms in total. The monoisotopic (exact) mass is 1040 g/mol. The van der Waals surface area contributed by atoms with Crippen LogP contribution in [0.3, 0.4) is 0 Å². The standard InChI is InChI=1S/C29H45NO6.C16H28O4.C13H19NO3.CH4/c1-20(2)7-13-24-28(3,36-24)27-26(32-6)23(15-16-29(27)19-34-29)35-25(31)14-10-21-8-11-22(12-9-21)33-18-17-30(4)5;1-10(2)5-6-12-15(3,20-12)14-13(18-4)11(17)7-8-16(14)9-19-16;1-14(2)9-10-17-12-6-3-11(4-7-12)5-8-13(15)16;/h8-9,11-12,20,23-24,26-27H,7,10,13-19H2,1-6H3;10-14,17H,5-9H2,1-4H3;3-4,6-7H,5,8-10H2,1-2H3,(H,15,16);1H4/t23?,24-,26-,27-,28+,29+;11?,12-,13-,14-,15+,16+;;/m11../s1. The summed E-state index contributed by atoms with van der Waals surface area (Å²) in [5.74, 6) is 2.29. The molecule has 2 aromatic rings. The van der Waals surface area contributed by atoms with Gasteiger partial charge < -0.3 is 62.6 Å². The first kappa shape index (κ1) is 61.5. The highest BCUT2D eigenvalue weighted by atomic mass is 16.6. The molecule has 74 heavy (non-hydrogen) atoms. The Labute approximate surface area is 444 Å². The molecule has 0 aromatic heterocycles. The third-order valence-electron chi connectivity index (χ3n) is 16.0. The van der Waals surface area contributed by atoms with E-state index in [1.54, 1.807) is 14.2 Å². The van der Waals surface area contributed by atoms with Gasteiger partial charge in [0, 0.05) is 40.2 Å². The van der Waals surface area contributed by atoms with E-state index in [1.165, 1.54) is 6.42 Å². The number of aliphatic hydroxyl groups is 1. The van der Waals surface area contributed by atoms with Gasteiger partial charge in [0.25, 0.3) is 0 Å². The van der Waals surface area contributed by atoms with Gasteiger partial charge in [0.1, 0.15) is 53.7 Å². The first-order valence-electron chi connectivity index (χ1n) is 27.2. The maximum atomic E-state index is 12.8. The van der Waals surface area contributed by atoms with Crippen LogP contribution < -0.4 is 9.47 Å². The first-order chi connectivity index (χ1) is 34.7. The molecule has 8 rings (SSSR count). The van der Waals surface area contributed by atoms with Crippen LogP contribution in [0.15, 0.2) is 48.5 Å². The Kier molecular flexibility index (Phi) is 22.7. The zero-order valence-corrected chi connectivity index (χ0v) is 46.4. The molecule has 2 aromatic carbocycles. The number of aliphatic hydroxyl groups excluding tert-OH is 1. The minimum atomic E-state index is -0.767. The number of hydrogen-bond acceptors (Lipinski definition) is 14. The number of benzene rings is 2. The van der Waals surface area contributed by atoms with E-state index in [0.717, 1.165) is 93.9 Å². The SMILES string of the molecule is C.CN(C)CCOc1ccc(CCC(=O)O)cc1.CO[C@@H]1C(O)CC[C@]2(CO2)[C@H]1[C@@]1(C)O[C@@H]1CCC(C)C.CO[C@@H]1C(OC(=O)CCc2ccc(OCCN(C)C)cc2)CC[C@]2(CO2)[C@H]1[C@@]1(C)O[C@@H]1CCC(C)C. The first-order valence-corrected chi connectivity index (χ1v) is 27.2. The van der Waals surface area contributed by atoms with Crippen LogP contribution in [0.1, 0.15) is 124 Å². The lowest BCUT2D eigenvalue weighted by Gasteiger charge is -2.42. The van der Waals surface area contributed by atoms with Crippen LogP contribution in [0.2, 0.25) is 0 Å². The number of esters is 1. The van der Waals surface area contributed by atoms with Crippen LogP contribution in [-0.4, -0.2) is 173 Å². The minimum Gasteiger partial charge on any atom is -0.492 e. The molecule has 0 radical (unpaired) electrons. The molecule has 2 aliphatic carbocycles. The fourth-order valence-electron chi connectivity index (χ4n) is 11.4. The average Bonchev–Trinajstić information content (AvgIpc) is 4.23. The molecule has 2 spiro atoms. The summed E-state index contributed by atoms with van der Waals surface area (Å²) in [6, 6.07) is 15.5. The average molecular weight is 1040 g/mol. The maximum absolute atomic E-state index is 12.8. The molecule has 12 atom stereocenters. The summed E-state index contributed by atoms with van der Waals surface area (Å²) in [6.45, 7) is 17.9. The van der Waals surface area contributed by atoms with Gasteiger partial charge in [0.15, 0.2) is 0 Å². The van der Waals surface area contributed by atoms with Gasteiger partial charge in [-0.3, -0.25) is 9.59 Å². The van der Waals surface area contributed by atoms with E-state index in [0.29, 0.717) is 50.4 Å². The second-order valence-electron chi connectivity index (χ2n) is 23.2. The fourth-order valence-corrected chi connectivity index (χ4v) is 11.4. The summed E-state index contributed by atoms with van der Waals surface area (Å²) in [7, 11) is 11.5. The summed E-state index contributed by atoms with van der Waals surface area (Å²) >= 11 is 0. The van der Waals surface area contributed by atoms with E-state index < -0.39 is 12.1 Å². The molecule has 4 saturated heterocycles. The number of aliphatic carboxylic acids is 1. The number of ether oxygens (including phenoxy) is 9. The lowest BCUT2D eigenvalue weighted by molar-refractivity contribution is -0.171. The predicted octanol–water partition coefficient (Wildman–Crippen LogP) is 8.67. The third-order valence-corrected chi connectivity index (χ3v) is 16.0. The summed E-state index contributed by atoms with van der Waals surface area (Å²) in [6.07, 6.45) is 8.92. The summed E-state index contributed by atoms with van der Waals surface area (Å²) < 4.78 is 53.1. The van der Waals surface area contributed by atoms with Crippen molar-refractivity contribution in [2.24, 2.45) is 23.7 Å². The number of carbonyl (C=O) groups excluding carboxylic acids is 1. The number of aryl methyl sites for hydroxylation is 2. The third kappa shape index (κ3) is 16.8. The molecule has 2 saturated carbocycles. The number of rotatable bonds is 25. The molecular weight excluding hydrogens is 945 g/mol. The van der Waals surface area contributed by atoms with Gasteiger partial charge in [-0.25, -0.2) is 0 Å². The second-order valence-corrected chi connectivity index (χ2v) is 23.2. The van der Waals surface area contributed by atoms with Gasteiger partial charge in [-0.2, -0.15) is 0 Å². The highest BCUT2D eigenvalue weighted by molar-refractivity contribution is 5.70. The van der Waals surface area contributed by atoms with Crippen molar-refractivity contribution in [1.82, 2.24) is 9.80 Å². The Morgan fingerprint density at radius 2 is 1.09 bits per heavy atom. The molecule has 6 fully saturated rings. The summed E-state index contributed by atoms with van der Waals surface area (Å²) in [5.41, 5.74) is 1.35. The molecule has 0 bridgehead atoms. The molecule has 2 N–H and O–H groups in total. The van der Waals surface area contributed by atoms with Crippen LogP contribution in [0.25, 0.3) is 0 Å². The van der Waals surface area contributed by atoms with Crippen molar-refractivity contribution >= 4 is 11.9 Å². The number of carboxylic acids is 1. The van der Waals surface area contributed by atoms with Crippen molar-refractivity contribution in [1.29, 1.82) is 0 Å². The summed E-state index contributed by atoms with van der Waals surface area (Å²) in [4.78, 5) is 27.4. The topological polar surface area (TPSA) is 177 Å². The number of carboxylic acid groups (broad SMARTS) is 1. The molecule has 4 aliphatic heterocycles. The molecule has 2 unspecified atom stereocenters.